The van der Waals surface area contributed by atoms with Crippen LogP contribution in [0.4, 0.5) is 0 Å². The summed E-state index contributed by atoms with van der Waals surface area (Å²) in [5.74, 6) is -0.348. The zero-order valence-electron chi connectivity index (χ0n) is 9.87. The van der Waals surface area contributed by atoms with Crippen LogP contribution in [0.25, 0.3) is 0 Å². The number of hydrogen-bond donors (Lipinski definition) is 1. The van der Waals surface area contributed by atoms with Crippen LogP contribution >= 0.6 is 0 Å². The molecule has 0 saturated heterocycles. The Labute approximate surface area is 105 Å². The number of hydrogen-bond acceptors (Lipinski definition) is 4. The average Bonchev–Trinajstić information content (AvgIpc) is 2.40. The van der Waals surface area contributed by atoms with Gasteiger partial charge in [-0.1, -0.05) is 12.1 Å². The van der Waals surface area contributed by atoms with Crippen LogP contribution in [-0.2, 0) is 0 Å². The molecular formula is C13H12N4O. The van der Waals surface area contributed by atoms with Gasteiger partial charge in [-0.2, -0.15) is 5.10 Å². The van der Waals surface area contributed by atoms with Crippen molar-refractivity contribution in [3.63, 3.8) is 0 Å². The molecule has 0 aliphatic heterocycles. The summed E-state index contributed by atoms with van der Waals surface area (Å²) in [6.07, 6.45) is 3.05. The van der Waals surface area contributed by atoms with E-state index in [0.29, 0.717) is 11.4 Å². The molecule has 5 heteroatoms. The van der Waals surface area contributed by atoms with Gasteiger partial charge < -0.3 is 0 Å². The van der Waals surface area contributed by atoms with E-state index < -0.39 is 0 Å². The van der Waals surface area contributed by atoms with Gasteiger partial charge in [0.1, 0.15) is 5.69 Å². The molecule has 90 valence electrons. The van der Waals surface area contributed by atoms with Gasteiger partial charge in [-0.25, -0.2) is 5.43 Å². The van der Waals surface area contributed by atoms with E-state index in [4.69, 9.17) is 0 Å². The largest absolute Gasteiger partial charge is 0.289 e. The molecule has 0 unspecified atom stereocenters. The molecule has 2 rings (SSSR count). The number of carbonyl (C=O) groups excluding carboxylic acids is 1. The third kappa shape index (κ3) is 3.21. The summed E-state index contributed by atoms with van der Waals surface area (Å²) in [5.41, 5.74) is 4.31. The van der Waals surface area contributed by atoms with E-state index in [9.17, 15) is 4.79 Å². The fraction of sp³-hybridized carbons (Fsp3) is 0.0769. The predicted molar refractivity (Wildman–Crippen MR) is 68.3 cm³/mol. The summed E-state index contributed by atoms with van der Waals surface area (Å²) in [6.45, 7) is 1.89. The minimum absolute atomic E-state index is 0.326. The Kier molecular flexibility index (Phi) is 3.76. The van der Waals surface area contributed by atoms with Crippen LogP contribution in [0.15, 0.2) is 47.7 Å². The number of aromatic nitrogens is 2. The van der Waals surface area contributed by atoms with E-state index in [2.05, 4.69) is 20.5 Å². The number of rotatable bonds is 3. The molecule has 0 aliphatic carbocycles. The maximum absolute atomic E-state index is 11.6. The fourth-order valence-electron chi connectivity index (χ4n) is 1.35. The number of nitrogens with one attached hydrogen (secondary N) is 1. The third-order valence-corrected chi connectivity index (χ3v) is 2.17. The predicted octanol–water partition coefficient (Wildman–Crippen LogP) is 1.55. The lowest BCUT2D eigenvalue weighted by Crippen LogP contribution is -2.18. The fourth-order valence-corrected chi connectivity index (χ4v) is 1.35. The maximum Gasteiger partial charge on any atom is 0.289 e. The van der Waals surface area contributed by atoms with Crippen molar-refractivity contribution < 1.29 is 4.79 Å². The highest BCUT2D eigenvalue weighted by atomic mass is 16.2. The maximum atomic E-state index is 11.6. The molecule has 0 radical (unpaired) electrons. The summed E-state index contributed by atoms with van der Waals surface area (Å²) in [7, 11) is 0. The van der Waals surface area contributed by atoms with Crippen molar-refractivity contribution in [1.82, 2.24) is 15.4 Å². The Morgan fingerprint density at radius 1 is 1.28 bits per heavy atom. The molecule has 0 aromatic carbocycles. The second-order valence-electron chi connectivity index (χ2n) is 3.62. The molecule has 5 nitrogen and oxygen atoms in total. The summed E-state index contributed by atoms with van der Waals surface area (Å²) in [4.78, 5) is 19.7. The Balaban J connectivity index is 1.98. The third-order valence-electron chi connectivity index (χ3n) is 2.17. The molecule has 2 aromatic heterocycles. The van der Waals surface area contributed by atoms with Crippen molar-refractivity contribution in [3.8, 4) is 0 Å². The van der Waals surface area contributed by atoms with Gasteiger partial charge in [0, 0.05) is 11.9 Å². The first-order valence-electron chi connectivity index (χ1n) is 5.44. The van der Waals surface area contributed by atoms with Gasteiger partial charge in [0.15, 0.2) is 0 Å². The van der Waals surface area contributed by atoms with Crippen LogP contribution < -0.4 is 5.43 Å². The van der Waals surface area contributed by atoms with Crippen LogP contribution in [0.5, 0.6) is 0 Å². The molecule has 2 heterocycles. The Morgan fingerprint density at radius 3 is 2.89 bits per heavy atom. The van der Waals surface area contributed by atoms with E-state index in [1.54, 1.807) is 24.4 Å². The van der Waals surface area contributed by atoms with Crippen LogP contribution in [0.2, 0.25) is 0 Å². The van der Waals surface area contributed by atoms with E-state index in [1.165, 1.54) is 6.21 Å². The zero-order chi connectivity index (χ0) is 12.8. The molecule has 0 spiro atoms. The summed E-state index contributed by atoms with van der Waals surface area (Å²) in [5, 5.41) is 3.83. The molecule has 18 heavy (non-hydrogen) atoms. The van der Waals surface area contributed by atoms with Gasteiger partial charge in [-0.15, -0.1) is 0 Å². The van der Waals surface area contributed by atoms with Crippen LogP contribution in [0, 0.1) is 6.92 Å². The Hall–Kier alpha value is -2.56. The van der Waals surface area contributed by atoms with E-state index in [1.807, 2.05) is 25.1 Å². The first kappa shape index (κ1) is 11.9. The monoisotopic (exact) mass is 240 g/mol. The van der Waals surface area contributed by atoms with Crippen LogP contribution in [-0.4, -0.2) is 22.1 Å². The van der Waals surface area contributed by atoms with Gasteiger partial charge in [0.2, 0.25) is 0 Å². The first-order valence-corrected chi connectivity index (χ1v) is 5.44. The number of amides is 1. The minimum atomic E-state index is -0.348. The molecule has 0 fully saturated rings. The van der Waals surface area contributed by atoms with Crippen LogP contribution in [0.1, 0.15) is 21.9 Å². The molecule has 0 atom stereocenters. The topological polar surface area (TPSA) is 67.2 Å². The van der Waals surface area contributed by atoms with Gasteiger partial charge in [-0.05, 0) is 31.2 Å². The molecule has 1 N–H and O–H groups in total. The van der Waals surface area contributed by atoms with E-state index in [-0.39, 0.29) is 5.91 Å². The highest BCUT2D eigenvalue weighted by Crippen LogP contribution is 1.95. The Morgan fingerprint density at radius 2 is 2.17 bits per heavy atom. The van der Waals surface area contributed by atoms with E-state index >= 15 is 0 Å². The number of pyridine rings is 2. The van der Waals surface area contributed by atoms with Crippen molar-refractivity contribution in [1.29, 1.82) is 0 Å². The first-order chi connectivity index (χ1) is 8.75. The van der Waals surface area contributed by atoms with Crippen molar-refractivity contribution in [2.24, 2.45) is 5.10 Å². The SMILES string of the molecule is Cc1cccc(/C=N/NC(=O)c2ccccn2)n1. The van der Waals surface area contributed by atoms with Crippen molar-refractivity contribution in [3.05, 3.63) is 59.7 Å². The number of aryl methyl sites for hydroxylation is 1. The van der Waals surface area contributed by atoms with Gasteiger partial charge >= 0.3 is 0 Å². The molecule has 0 aliphatic rings. The van der Waals surface area contributed by atoms with Gasteiger partial charge in [0.25, 0.3) is 5.91 Å². The number of nitrogens with zero attached hydrogens (tertiary/aromatic N) is 3. The second-order valence-corrected chi connectivity index (χ2v) is 3.62. The second kappa shape index (κ2) is 5.67. The molecule has 2 aromatic rings. The summed E-state index contributed by atoms with van der Waals surface area (Å²) < 4.78 is 0. The van der Waals surface area contributed by atoms with Crippen molar-refractivity contribution >= 4 is 12.1 Å². The molecule has 0 bridgehead atoms. The normalized spacial score (nSPS) is 10.5. The lowest BCUT2D eigenvalue weighted by Gasteiger charge is -1.98. The van der Waals surface area contributed by atoms with Crippen molar-refractivity contribution in [2.75, 3.05) is 0 Å². The quantitative estimate of drug-likeness (QED) is 0.653. The molecular weight excluding hydrogens is 228 g/mol. The van der Waals surface area contributed by atoms with E-state index in [0.717, 1.165) is 5.69 Å². The van der Waals surface area contributed by atoms with Crippen LogP contribution in [0.3, 0.4) is 0 Å². The summed E-state index contributed by atoms with van der Waals surface area (Å²) in [6, 6.07) is 10.7. The Bertz CT molecular complexity index is 566. The lowest BCUT2D eigenvalue weighted by atomic mass is 10.3. The van der Waals surface area contributed by atoms with Gasteiger partial charge in [-0.3, -0.25) is 14.8 Å². The summed E-state index contributed by atoms with van der Waals surface area (Å²) >= 11 is 0. The standard InChI is InChI=1S/C13H12N4O/c1-10-5-4-6-11(16-10)9-15-17-13(18)12-7-2-3-8-14-12/h2-9H,1H3,(H,17,18)/b15-9+. The van der Waals surface area contributed by atoms with Crippen molar-refractivity contribution in [2.45, 2.75) is 6.92 Å². The molecule has 0 saturated carbocycles. The highest BCUT2D eigenvalue weighted by Gasteiger charge is 2.03. The zero-order valence-corrected chi connectivity index (χ0v) is 9.87. The minimum Gasteiger partial charge on any atom is -0.266 e. The smallest absolute Gasteiger partial charge is 0.266 e. The molecule has 1 amide bonds. The highest BCUT2D eigenvalue weighted by molar-refractivity contribution is 5.92. The number of carbonyl (C=O) groups is 1. The lowest BCUT2D eigenvalue weighted by molar-refractivity contribution is 0.0950. The number of hydrazone groups is 1. The van der Waals surface area contributed by atoms with Gasteiger partial charge in [0.05, 0.1) is 11.9 Å². The average molecular weight is 240 g/mol.